The van der Waals surface area contributed by atoms with Crippen LogP contribution in [0.2, 0.25) is 0 Å². The van der Waals surface area contributed by atoms with Crippen molar-refractivity contribution in [2.45, 2.75) is 25.5 Å². The fraction of sp³-hybridized carbons (Fsp3) is 0.286. The second kappa shape index (κ2) is 7.96. The Bertz CT molecular complexity index is 937. The molecule has 1 aromatic heterocycles. The van der Waals surface area contributed by atoms with Crippen molar-refractivity contribution in [3.63, 3.8) is 0 Å². The summed E-state index contributed by atoms with van der Waals surface area (Å²) in [5.74, 6) is 2.19. The number of para-hydroxylation sites is 1. The second-order valence-corrected chi connectivity index (χ2v) is 7.46. The third-order valence-corrected chi connectivity index (χ3v) is 5.63. The Morgan fingerprint density at radius 2 is 2.00 bits per heavy atom. The Hall–Kier alpha value is -2.60. The summed E-state index contributed by atoms with van der Waals surface area (Å²) in [6.07, 6.45) is 1.93. The molecule has 6 heteroatoms. The highest BCUT2D eigenvalue weighted by Crippen LogP contribution is 2.28. The summed E-state index contributed by atoms with van der Waals surface area (Å²) >= 11 is 1.50. The number of rotatable bonds is 6. The van der Waals surface area contributed by atoms with Crippen LogP contribution >= 0.6 is 11.8 Å². The van der Waals surface area contributed by atoms with Crippen LogP contribution in [-0.4, -0.2) is 28.3 Å². The Labute approximate surface area is 162 Å². The zero-order chi connectivity index (χ0) is 18.6. The van der Waals surface area contributed by atoms with Crippen molar-refractivity contribution in [2.24, 2.45) is 0 Å². The first-order chi connectivity index (χ1) is 13.2. The lowest BCUT2D eigenvalue weighted by atomic mass is 10.1. The quantitative estimate of drug-likeness (QED) is 0.645. The topological polar surface area (TPSA) is 59.2 Å². The van der Waals surface area contributed by atoms with Crippen molar-refractivity contribution >= 4 is 23.4 Å². The van der Waals surface area contributed by atoms with E-state index in [2.05, 4.69) is 35.3 Å². The van der Waals surface area contributed by atoms with E-state index in [1.165, 1.54) is 22.9 Å². The van der Waals surface area contributed by atoms with Crippen LogP contribution in [0.25, 0.3) is 11.4 Å². The number of aryl methyl sites for hydroxylation is 1. The summed E-state index contributed by atoms with van der Waals surface area (Å²) in [5.41, 5.74) is 4.50. The number of hydrogen-bond donors (Lipinski definition) is 0. The Kier molecular flexibility index (Phi) is 5.25. The van der Waals surface area contributed by atoms with Crippen LogP contribution in [0, 0.1) is 0 Å². The molecule has 2 aromatic carbocycles. The third kappa shape index (κ3) is 3.90. The molecule has 0 radical (unpaired) electrons. The number of carbonyl (C=O) groups excluding carboxylic acids is 1. The molecule has 138 valence electrons. The number of nitrogens with zero attached hydrogens (tertiary/aromatic N) is 3. The number of thioether (sulfide) groups is 1. The zero-order valence-electron chi connectivity index (χ0n) is 15.2. The molecule has 1 aliphatic rings. The second-order valence-electron chi connectivity index (χ2n) is 6.48. The lowest BCUT2D eigenvalue weighted by Crippen LogP contribution is -2.30. The number of fused-ring (bicyclic) bond motifs is 1. The van der Waals surface area contributed by atoms with Gasteiger partial charge in [0.05, 0.1) is 11.5 Å². The van der Waals surface area contributed by atoms with E-state index in [1.807, 2.05) is 35.2 Å². The molecule has 27 heavy (non-hydrogen) atoms. The molecule has 0 fully saturated rings. The molecular weight excluding hydrogens is 358 g/mol. The molecule has 0 spiro atoms. The SMILES string of the molecule is CCc1ccc(-c2noc(CSCC(=O)N3CCc4ccccc43)n2)cc1. The third-order valence-electron chi connectivity index (χ3n) is 4.73. The van der Waals surface area contributed by atoms with Gasteiger partial charge in [0.2, 0.25) is 17.6 Å². The Balaban J connectivity index is 1.32. The first-order valence-corrected chi connectivity index (χ1v) is 10.3. The summed E-state index contributed by atoms with van der Waals surface area (Å²) in [6, 6.07) is 16.3. The highest BCUT2D eigenvalue weighted by molar-refractivity contribution is 7.99. The fourth-order valence-electron chi connectivity index (χ4n) is 3.22. The van der Waals surface area contributed by atoms with Gasteiger partial charge in [0.25, 0.3) is 0 Å². The van der Waals surface area contributed by atoms with Crippen LogP contribution in [0.3, 0.4) is 0 Å². The van der Waals surface area contributed by atoms with Gasteiger partial charge < -0.3 is 9.42 Å². The summed E-state index contributed by atoms with van der Waals surface area (Å²) in [6.45, 7) is 2.89. The van der Waals surface area contributed by atoms with E-state index in [0.29, 0.717) is 23.2 Å². The zero-order valence-corrected chi connectivity index (χ0v) is 16.0. The van der Waals surface area contributed by atoms with Crippen molar-refractivity contribution in [1.29, 1.82) is 0 Å². The minimum Gasteiger partial charge on any atom is -0.338 e. The lowest BCUT2D eigenvalue weighted by molar-refractivity contribution is -0.116. The average Bonchev–Trinajstić information content (AvgIpc) is 3.35. The van der Waals surface area contributed by atoms with Crippen LogP contribution in [0.15, 0.2) is 53.1 Å². The number of amides is 1. The van der Waals surface area contributed by atoms with Gasteiger partial charge in [-0.2, -0.15) is 4.98 Å². The van der Waals surface area contributed by atoms with Gasteiger partial charge in [-0.1, -0.05) is 54.5 Å². The number of carbonyl (C=O) groups is 1. The molecule has 2 heterocycles. The fourth-order valence-corrected chi connectivity index (χ4v) is 3.95. The van der Waals surface area contributed by atoms with Gasteiger partial charge >= 0.3 is 0 Å². The van der Waals surface area contributed by atoms with Crippen LogP contribution in [0.5, 0.6) is 0 Å². The minimum atomic E-state index is 0.125. The van der Waals surface area contributed by atoms with Crippen molar-refractivity contribution in [3.8, 4) is 11.4 Å². The molecule has 0 N–H and O–H groups in total. The molecule has 0 saturated heterocycles. The van der Waals surface area contributed by atoms with E-state index in [1.54, 1.807) is 0 Å². The summed E-state index contributed by atoms with van der Waals surface area (Å²) in [4.78, 5) is 18.8. The number of anilines is 1. The van der Waals surface area contributed by atoms with E-state index in [0.717, 1.165) is 30.6 Å². The van der Waals surface area contributed by atoms with Crippen LogP contribution in [-0.2, 0) is 23.4 Å². The maximum atomic E-state index is 12.5. The predicted molar refractivity (Wildman–Crippen MR) is 108 cm³/mol. The van der Waals surface area contributed by atoms with Crippen LogP contribution in [0.4, 0.5) is 5.69 Å². The van der Waals surface area contributed by atoms with E-state index in [9.17, 15) is 4.79 Å². The molecule has 0 unspecified atom stereocenters. The molecule has 1 aliphatic heterocycles. The number of benzene rings is 2. The molecule has 5 nitrogen and oxygen atoms in total. The van der Waals surface area contributed by atoms with Crippen molar-refractivity contribution in [3.05, 3.63) is 65.5 Å². The normalized spacial score (nSPS) is 13.0. The van der Waals surface area contributed by atoms with Gasteiger partial charge in [-0.25, -0.2) is 0 Å². The van der Waals surface area contributed by atoms with E-state index in [-0.39, 0.29) is 5.91 Å². The van der Waals surface area contributed by atoms with Gasteiger partial charge in [-0.15, -0.1) is 11.8 Å². The Morgan fingerprint density at radius 1 is 1.19 bits per heavy atom. The van der Waals surface area contributed by atoms with E-state index < -0.39 is 0 Å². The van der Waals surface area contributed by atoms with E-state index >= 15 is 0 Å². The molecule has 1 amide bonds. The van der Waals surface area contributed by atoms with E-state index in [4.69, 9.17) is 4.52 Å². The molecule has 4 rings (SSSR count). The van der Waals surface area contributed by atoms with Gasteiger partial charge in [0.15, 0.2) is 0 Å². The van der Waals surface area contributed by atoms with Crippen LogP contribution in [0.1, 0.15) is 23.9 Å². The molecule has 0 saturated carbocycles. The Morgan fingerprint density at radius 3 is 2.81 bits per heavy atom. The van der Waals surface area contributed by atoms with Gasteiger partial charge in [-0.05, 0) is 30.0 Å². The van der Waals surface area contributed by atoms with Crippen LogP contribution < -0.4 is 4.90 Å². The molecule has 0 bridgehead atoms. The highest BCUT2D eigenvalue weighted by atomic mass is 32.2. The maximum absolute atomic E-state index is 12.5. The minimum absolute atomic E-state index is 0.125. The van der Waals surface area contributed by atoms with Crippen molar-refractivity contribution in [2.75, 3.05) is 17.2 Å². The van der Waals surface area contributed by atoms with Gasteiger partial charge in [-0.3, -0.25) is 4.79 Å². The highest BCUT2D eigenvalue weighted by Gasteiger charge is 2.23. The van der Waals surface area contributed by atoms with Gasteiger partial charge in [0, 0.05) is 17.8 Å². The summed E-state index contributed by atoms with van der Waals surface area (Å²) in [5, 5.41) is 4.05. The summed E-state index contributed by atoms with van der Waals surface area (Å²) < 4.78 is 5.33. The van der Waals surface area contributed by atoms with Crippen molar-refractivity contribution in [1.82, 2.24) is 10.1 Å². The smallest absolute Gasteiger partial charge is 0.237 e. The largest absolute Gasteiger partial charge is 0.338 e. The molecule has 0 atom stereocenters. The van der Waals surface area contributed by atoms with Gasteiger partial charge in [0.1, 0.15) is 0 Å². The number of aromatic nitrogens is 2. The first-order valence-electron chi connectivity index (χ1n) is 9.12. The first kappa shape index (κ1) is 17.8. The predicted octanol–water partition coefficient (Wildman–Crippen LogP) is 4.12. The monoisotopic (exact) mass is 379 g/mol. The summed E-state index contributed by atoms with van der Waals surface area (Å²) in [7, 11) is 0. The molecule has 3 aromatic rings. The molecular formula is C21H21N3O2S. The lowest BCUT2D eigenvalue weighted by Gasteiger charge is -2.16. The standard InChI is InChI=1S/C21H21N3O2S/c1-2-15-7-9-17(10-8-15)21-22-19(26-23-21)13-27-14-20(25)24-12-11-16-5-3-4-6-18(16)24/h3-10H,2,11-14H2,1H3. The molecule has 0 aliphatic carbocycles. The number of hydrogen-bond acceptors (Lipinski definition) is 5. The van der Waals surface area contributed by atoms with Crippen molar-refractivity contribution < 1.29 is 9.32 Å². The average molecular weight is 379 g/mol. The maximum Gasteiger partial charge on any atom is 0.237 e.